The van der Waals surface area contributed by atoms with Crippen LogP contribution in [0, 0.1) is 11.3 Å². The van der Waals surface area contributed by atoms with Crippen molar-refractivity contribution in [3.05, 3.63) is 23.0 Å². The molecule has 0 saturated heterocycles. The van der Waals surface area contributed by atoms with Crippen LogP contribution in [0.4, 0.5) is 18.9 Å². The molecule has 0 radical (unpaired) electrons. The molecule has 0 aliphatic heterocycles. The minimum atomic E-state index is -4.64. The standard InChI is InChI=1S/C8H5BrF3N3/c9-2-5-1-4(3-13)6(14)7(15-5)8(10,11)12/h1H,2,14H2. The van der Waals surface area contributed by atoms with Crippen LogP contribution in [0.3, 0.4) is 0 Å². The number of nitrogens with two attached hydrogens (primary N) is 1. The maximum atomic E-state index is 12.4. The van der Waals surface area contributed by atoms with E-state index in [4.69, 9.17) is 11.0 Å². The van der Waals surface area contributed by atoms with Crippen LogP contribution in [-0.2, 0) is 11.5 Å². The Morgan fingerprint density at radius 1 is 1.53 bits per heavy atom. The summed E-state index contributed by atoms with van der Waals surface area (Å²) in [6.45, 7) is 0. The monoisotopic (exact) mass is 279 g/mol. The van der Waals surface area contributed by atoms with Gasteiger partial charge < -0.3 is 5.73 Å². The lowest BCUT2D eigenvalue weighted by atomic mass is 10.1. The van der Waals surface area contributed by atoms with Crippen molar-refractivity contribution in [2.24, 2.45) is 0 Å². The highest BCUT2D eigenvalue weighted by molar-refractivity contribution is 9.08. The van der Waals surface area contributed by atoms with Crippen LogP contribution in [0.1, 0.15) is 17.0 Å². The van der Waals surface area contributed by atoms with E-state index in [0.29, 0.717) is 0 Å². The molecular weight excluding hydrogens is 275 g/mol. The third-order valence-electron chi connectivity index (χ3n) is 1.64. The predicted molar refractivity (Wildman–Crippen MR) is 51.0 cm³/mol. The lowest BCUT2D eigenvalue weighted by molar-refractivity contribution is -0.140. The summed E-state index contributed by atoms with van der Waals surface area (Å²) >= 11 is 2.97. The van der Waals surface area contributed by atoms with Crippen LogP contribution in [0.2, 0.25) is 0 Å². The number of hydrogen-bond donors (Lipinski definition) is 1. The molecule has 1 rings (SSSR count). The lowest BCUT2D eigenvalue weighted by Gasteiger charge is -2.11. The number of nitrogen functional groups attached to an aromatic ring is 1. The van der Waals surface area contributed by atoms with E-state index in [1.54, 1.807) is 6.07 Å². The number of pyridine rings is 1. The first kappa shape index (κ1) is 11.8. The Bertz CT molecular complexity index is 422. The number of nitrogens with zero attached hydrogens (tertiary/aromatic N) is 2. The summed E-state index contributed by atoms with van der Waals surface area (Å²) in [7, 11) is 0. The minimum Gasteiger partial charge on any atom is -0.396 e. The lowest BCUT2D eigenvalue weighted by Crippen LogP contribution is -2.14. The molecule has 7 heteroatoms. The molecule has 0 atom stereocenters. The van der Waals surface area contributed by atoms with Gasteiger partial charge in [0.15, 0.2) is 5.69 Å². The highest BCUT2D eigenvalue weighted by atomic mass is 79.9. The molecule has 2 N–H and O–H groups in total. The zero-order valence-corrected chi connectivity index (χ0v) is 8.85. The number of halogens is 4. The number of rotatable bonds is 1. The average Bonchev–Trinajstić information content (AvgIpc) is 2.16. The van der Waals surface area contributed by atoms with Crippen LogP contribution in [0.25, 0.3) is 0 Å². The summed E-state index contributed by atoms with van der Waals surface area (Å²) in [5.74, 6) is 0. The Morgan fingerprint density at radius 3 is 2.53 bits per heavy atom. The fourth-order valence-electron chi connectivity index (χ4n) is 0.985. The topological polar surface area (TPSA) is 62.7 Å². The predicted octanol–water partition coefficient (Wildman–Crippen LogP) is 2.45. The van der Waals surface area contributed by atoms with Gasteiger partial charge in [-0.15, -0.1) is 0 Å². The Balaban J connectivity index is 3.46. The second kappa shape index (κ2) is 4.06. The average molecular weight is 280 g/mol. The molecule has 0 saturated carbocycles. The summed E-state index contributed by atoms with van der Waals surface area (Å²) in [5, 5.41) is 8.72. The van der Waals surface area contributed by atoms with Gasteiger partial charge in [-0.05, 0) is 6.07 Å². The highest BCUT2D eigenvalue weighted by Crippen LogP contribution is 2.33. The van der Waals surface area contributed by atoms with Crippen molar-refractivity contribution in [1.29, 1.82) is 5.26 Å². The van der Waals surface area contributed by atoms with Crippen LogP contribution in [0.15, 0.2) is 6.07 Å². The molecule has 0 aliphatic rings. The van der Waals surface area contributed by atoms with Gasteiger partial charge in [0, 0.05) is 5.33 Å². The molecule has 0 bridgehead atoms. The third kappa shape index (κ3) is 2.39. The van der Waals surface area contributed by atoms with E-state index < -0.39 is 17.6 Å². The minimum absolute atomic E-state index is 0.119. The SMILES string of the molecule is N#Cc1cc(CBr)nc(C(F)(F)F)c1N. The fraction of sp³-hybridized carbons (Fsp3) is 0.250. The molecule has 3 nitrogen and oxygen atoms in total. The van der Waals surface area contributed by atoms with Gasteiger partial charge in [0.1, 0.15) is 6.07 Å². The Kier molecular flexibility index (Phi) is 3.19. The molecule has 1 aromatic heterocycles. The molecule has 80 valence electrons. The zero-order chi connectivity index (χ0) is 11.6. The van der Waals surface area contributed by atoms with Gasteiger partial charge in [-0.2, -0.15) is 18.4 Å². The van der Waals surface area contributed by atoms with E-state index in [9.17, 15) is 13.2 Å². The second-order valence-electron chi connectivity index (χ2n) is 2.67. The number of anilines is 1. The molecule has 1 heterocycles. The number of nitriles is 1. The second-order valence-corrected chi connectivity index (χ2v) is 3.23. The molecule has 15 heavy (non-hydrogen) atoms. The van der Waals surface area contributed by atoms with Crippen LogP contribution >= 0.6 is 15.9 Å². The van der Waals surface area contributed by atoms with Crippen LogP contribution in [0.5, 0.6) is 0 Å². The van der Waals surface area contributed by atoms with Crippen molar-refractivity contribution in [1.82, 2.24) is 4.98 Å². The molecule has 0 aliphatic carbocycles. The third-order valence-corrected chi connectivity index (χ3v) is 2.21. The van der Waals surface area contributed by atoms with Crippen molar-refractivity contribution < 1.29 is 13.2 Å². The van der Waals surface area contributed by atoms with Crippen LogP contribution < -0.4 is 5.73 Å². The molecule has 0 aromatic carbocycles. The number of hydrogen-bond acceptors (Lipinski definition) is 3. The largest absolute Gasteiger partial charge is 0.435 e. The fourth-order valence-corrected chi connectivity index (χ4v) is 1.27. The van der Waals surface area contributed by atoms with Gasteiger partial charge in [-0.25, -0.2) is 4.98 Å². The van der Waals surface area contributed by atoms with E-state index in [0.717, 1.165) is 0 Å². The van der Waals surface area contributed by atoms with Gasteiger partial charge >= 0.3 is 6.18 Å². The molecule has 0 unspecified atom stereocenters. The van der Waals surface area contributed by atoms with Gasteiger partial charge in [0.2, 0.25) is 0 Å². The molecule has 1 aromatic rings. The van der Waals surface area contributed by atoms with Crippen molar-refractivity contribution in [2.45, 2.75) is 11.5 Å². The van der Waals surface area contributed by atoms with E-state index in [-0.39, 0.29) is 16.6 Å². The molecular formula is C8H5BrF3N3. The Morgan fingerprint density at radius 2 is 2.13 bits per heavy atom. The van der Waals surface area contributed by atoms with Gasteiger partial charge in [-0.1, -0.05) is 15.9 Å². The highest BCUT2D eigenvalue weighted by Gasteiger charge is 2.36. The van der Waals surface area contributed by atoms with Gasteiger partial charge in [0.25, 0.3) is 0 Å². The van der Waals surface area contributed by atoms with Gasteiger partial charge in [-0.3, -0.25) is 0 Å². The van der Waals surface area contributed by atoms with Crippen molar-refractivity contribution in [3.63, 3.8) is 0 Å². The summed E-state index contributed by atoms with van der Waals surface area (Å²) < 4.78 is 37.2. The van der Waals surface area contributed by atoms with Crippen LogP contribution in [-0.4, -0.2) is 4.98 Å². The smallest absolute Gasteiger partial charge is 0.396 e. The maximum Gasteiger partial charge on any atom is 0.435 e. The summed E-state index contributed by atoms with van der Waals surface area (Å²) in [4.78, 5) is 3.32. The maximum absolute atomic E-state index is 12.4. The Hall–Kier alpha value is -1.29. The van der Waals surface area contributed by atoms with E-state index in [1.807, 2.05) is 0 Å². The van der Waals surface area contributed by atoms with E-state index in [2.05, 4.69) is 20.9 Å². The van der Waals surface area contributed by atoms with E-state index >= 15 is 0 Å². The first-order chi connectivity index (χ1) is 6.90. The molecule has 0 spiro atoms. The summed E-state index contributed by atoms with van der Waals surface area (Å²) in [6.07, 6.45) is -4.64. The zero-order valence-electron chi connectivity index (χ0n) is 7.27. The molecule has 0 amide bonds. The van der Waals surface area contributed by atoms with Crippen molar-refractivity contribution >= 4 is 21.6 Å². The first-order valence-electron chi connectivity index (χ1n) is 3.72. The van der Waals surface area contributed by atoms with Crippen molar-refractivity contribution in [2.75, 3.05) is 5.73 Å². The quantitative estimate of drug-likeness (QED) is 0.804. The van der Waals surface area contributed by atoms with E-state index in [1.165, 1.54) is 6.07 Å². The van der Waals surface area contributed by atoms with Gasteiger partial charge in [0.05, 0.1) is 16.9 Å². The number of alkyl halides is 4. The first-order valence-corrected chi connectivity index (χ1v) is 4.85. The summed E-state index contributed by atoms with van der Waals surface area (Å²) in [6, 6.07) is 2.82. The summed E-state index contributed by atoms with van der Waals surface area (Å²) in [5.41, 5.74) is 3.24. The number of aromatic nitrogens is 1. The Labute approximate surface area is 91.8 Å². The van der Waals surface area contributed by atoms with Crippen molar-refractivity contribution in [3.8, 4) is 6.07 Å². The normalized spacial score (nSPS) is 11.1. The molecule has 0 fully saturated rings.